The molecule has 0 spiro atoms. The minimum atomic E-state index is -0.0679. The van der Waals surface area contributed by atoms with Crippen LogP contribution in [0.2, 0.25) is 0 Å². The lowest BCUT2D eigenvalue weighted by Crippen LogP contribution is -2.33. The molecule has 3 heterocycles. The number of rotatable bonds is 8. The standard InChI is InChI=1S/C30H36N6O3/c1-4-25(29-32-33-34-36(29)24-8-6-5-7-9-24)35(16-21-10-11-26-27(14-21)39-18-38-26)17-23-15-22-13-19(2)12-20(3)28(22)31-30(23)37/h10-15,24-25H,4-9,16-18H2,1-3H3,(H,31,37). The van der Waals surface area contributed by atoms with Crippen LogP contribution in [0.25, 0.3) is 10.9 Å². The topological polar surface area (TPSA) is 98.2 Å². The fraction of sp³-hybridized carbons (Fsp3) is 0.467. The van der Waals surface area contributed by atoms with E-state index in [1.165, 1.54) is 24.8 Å². The summed E-state index contributed by atoms with van der Waals surface area (Å²) in [5.74, 6) is 2.38. The van der Waals surface area contributed by atoms with Gasteiger partial charge < -0.3 is 14.5 Å². The zero-order valence-electron chi connectivity index (χ0n) is 22.9. The summed E-state index contributed by atoms with van der Waals surface area (Å²) in [5.41, 5.74) is 4.88. The highest BCUT2D eigenvalue weighted by Gasteiger charge is 2.29. The molecule has 1 saturated carbocycles. The van der Waals surface area contributed by atoms with Crippen LogP contribution < -0.4 is 15.0 Å². The van der Waals surface area contributed by atoms with Crippen molar-refractivity contribution in [2.45, 2.75) is 84.5 Å². The van der Waals surface area contributed by atoms with Gasteiger partial charge in [-0.15, -0.1) is 5.10 Å². The molecule has 0 bridgehead atoms. The van der Waals surface area contributed by atoms with Crippen molar-refractivity contribution in [3.8, 4) is 11.5 Å². The number of hydrogen-bond donors (Lipinski definition) is 1. The van der Waals surface area contributed by atoms with Crippen molar-refractivity contribution in [2.24, 2.45) is 0 Å². The van der Waals surface area contributed by atoms with Crippen LogP contribution >= 0.6 is 0 Å². The second-order valence-electron chi connectivity index (χ2n) is 11.0. The van der Waals surface area contributed by atoms with Crippen molar-refractivity contribution < 1.29 is 9.47 Å². The first kappa shape index (κ1) is 25.6. The molecule has 2 aromatic heterocycles. The maximum atomic E-state index is 13.4. The van der Waals surface area contributed by atoms with Gasteiger partial charge in [0.25, 0.3) is 5.56 Å². The quantitative estimate of drug-likeness (QED) is 0.322. The van der Waals surface area contributed by atoms with Crippen molar-refractivity contribution in [1.29, 1.82) is 0 Å². The van der Waals surface area contributed by atoms with Gasteiger partial charge in [-0.25, -0.2) is 4.68 Å². The Morgan fingerprint density at radius 3 is 2.69 bits per heavy atom. The number of aromatic nitrogens is 5. The van der Waals surface area contributed by atoms with Gasteiger partial charge in [-0.05, 0) is 84.3 Å². The predicted molar refractivity (Wildman–Crippen MR) is 149 cm³/mol. The summed E-state index contributed by atoms with van der Waals surface area (Å²) in [6, 6.07) is 12.6. The van der Waals surface area contributed by atoms with Crippen LogP contribution in [-0.4, -0.2) is 36.9 Å². The van der Waals surface area contributed by atoms with Crippen LogP contribution in [0, 0.1) is 13.8 Å². The SMILES string of the molecule is CCC(c1nnnn1C1CCCCC1)N(Cc1ccc2c(c1)OCO2)Cc1cc2cc(C)cc(C)c2[nH]c1=O. The Bertz CT molecular complexity index is 1540. The Balaban J connectivity index is 1.39. The van der Waals surface area contributed by atoms with Gasteiger partial charge in [0.15, 0.2) is 17.3 Å². The molecule has 1 aliphatic heterocycles. The summed E-state index contributed by atoms with van der Waals surface area (Å²) in [6.07, 6.45) is 6.67. The Kier molecular flexibility index (Phi) is 7.08. The Morgan fingerprint density at radius 2 is 1.87 bits per heavy atom. The minimum absolute atomic E-state index is 0.0631. The number of fused-ring (bicyclic) bond motifs is 2. The van der Waals surface area contributed by atoms with Crippen molar-refractivity contribution >= 4 is 10.9 Å². The summed E-state index contributed by atoms with van der Waals surface area (Å²) in [5, 5.41) is 14.2. The van der Waals surface area contributed by atoms with Gasteiger partial charge in [0, 0.05) is 18.7 Å². The van der Waals surface area contributed by atoms with E-state index < -0.39 is 0 Å². The Hall–Kier alpha value is -3.72. The normalized spacial score (nSPS) is 16.3. The third-order valence-electron chi connectivity index (χ3n) is 8.13. The zero-order chi connectivity index (χ0) is 26.9. The monoisotopic (exact) mass is 528 g/mol. The van der Waals surface area contributed by atoms with Crippen LogP contribution in [0.5, 0.6) is 11.5 Å². The number of tetrazole rings is 1. The van der Waals surface area contributed by atoms with E-state index in [1.54, 1.807) is 0 Å². The van der Waals surface area contributed by atoms with Crippen LogP contribution in [0.3, 0.4) is 0 Å². The van der Waals surface area contributed by atoms with E-state index >= 15 is 0 Å². The van der Waals surface area contributed by atoms with E-state index in [0.29, 0.717) is 19.1 Å². The number of benzene rings is 2. The average molecular weight is 529 g/mol. The van der Waals surface area contributed by atoms with E-state index in [4.69, 9.17) is 9.47 Å². The molecule has 9 heteroatoms. The maximum Gasteiger partial charge on any atom is 0.252 e. The fourth-order valence-electron chi connectivity index (χ4n) is 6.23. The highest BCUT2D eigenvalue weighted by atomic mass is 16.7. The molecule has 0 amide bonds. The molecule has 1 unspecified atom stereocenters. The zero-order valence-corrected chi connectivity index (χ0v) is 22.9. The third kappa shape index (κ3) is 5.15. The first-order valence-electron chi connectivity index (χ1n) is 14.0. The van der Waals surface area contributed by atoms with Crippen molar-refractivity contribution in [3.63, 3.8) is 0 Å². The highest BCUT2D eigenvalue weighted by molar-refractivity contribution is 5.82. The first-order valence-corrected chi connectivity index (χ1v) is 14.0. The molecule has 0 radical (unpaired) electrons. The molecule has 4 aromatic rings. The van der Waals surface area contributed by atoms with E-state index in [2.05, 4.69) is 62.1 Å². The second kappa shape index (κ2) is 10.8. The second-order valence-corrected chi connectivity index (χ2v) is 11.0. The summed E-state index contributed by atoms with van der Waals surface area (Å²) in [4.78, 5) is 18.8. The molecular weight excluding hydrogens is 492 g/mol. The van der Waals surface area contributed by atoms with Crippen LogP contribution in [0.4, 0.5) is 0 Å². The van der Waals surface area contributed by atoms with E-state index in [-0.39, 0.29) is 18.4 Å². The molecule has 6 rings (SSSR count). The van der Waals surface area contributed by atoms with Gasteiger partial charge in [0.2, 0.25) is 6.79 Å². The molecule has 204 valence electrons. The lowest BCUT2D eigenvalue weighted by molar-refractivity contribution is 0.155. The number of nitrogens with zero attached hydrogens (tertiary/aromatic N) is 5. The highest BCUT2D eigenvalue weighted by Crippen LogP contribution is 2.36. The number of hydrogen-bond acceptors (Lipinski definition) is 7. The summed E-state index contributed by atoms with van der Waals surface area (Å²) >= 11 is 0. The van der Waals surface area contributed by atoms with E-state index in [0.717, 1.165) is 64.2 Å². The number of aryl methyl sites for hydroxylation is 2. The maximum absolute atomic E-state index is 13.4. The third-order valence-corrected chi connectivity index (χ3v) is 8.13. The molecule has 0 saturated heterocycles. The lowest BCUT2D eigenvalue weighted by Gasteiger charge is -2.32. The molecule has 1 aliphatic carbocycles. The molecule has 2 aromatic carbocycles. The largest absolute Gasteiger partial charge is 0.454 e. The van der Waals surface area contributed by atoms with Gasteiger partial charge in [0.1, 0.15) is 0 Å². The molecular formula is C30H36N6O3. The number of H-pyrrole nitrogens is 1. The van der Waals surface area contributed by atoms with Crippen LogP contribution in [0.1, 0.15) is 85.6 Å². The van der Waals surface area contributed by atoms with Crippen molar-refractivity contribution in [2.75, 3.05) is 6.79 Å². The number of nitrogens with one attached hydrogen (secondary N) is 1. The van der Waals surface area contributed by atoms with E-state index in [1.807, 2.05) is 25.1 Å². The van der Waals surface area contributed by atoms with Gasteiger partial charge >= 0.3 is 0 Å². The molecule has 1 N–H and O–H groups in total. The summed E-state index contributed by atoms with van der Waals surface area (Å²) < 4.78 is 13.2. The van der Waals surface area contributed by atoms with Gasteiger partial charge in [0.05, 0.1) is 17.6 Å². The Morgan fingerprint density at radius 1 is 1.05 bits per heavy atom. The van der Waals surface area contributed by atoms with Crippen molar-refractivity contribution in [1.82, 2.24) is 30.1 Å². The molecule has 2 aliphatic rings. The minimum Gasteiger partial charge on any atom is -0.454 e. The molecule has 9 nitrogen and oxygen atoms in total. The smallest absolute Gasteiger partial charge is 0.252 e. The van der Waals surface area contributed by atoms with Gasteiger partial charge in [-0.1, -0.05) is 43.9 Å². The molecule has 1 atom stereocenters. The van der Waals surface area contributed by atoms with Crippen LogP contribution in [-0.2, 0) is 13.1 Å². The number of aromatic amines is 1. The lowest BCUT2D eigenvalue weighted by atomic mass is 9.95. The number of ether oxygens (including phenoxy) is 2. The molecule has 1 fully saturated rings. The average Bonchev–Trinajstić information content (AvgIpc) is 3.60. The summed E-state index contributed by atoms with van der Waals surface area (Å²) in [6.45, 7) is 7.59. The Labute approximate surface area is 228 Å². The fourth-order valence-corrected chi connectivity index (χ4v) is 6.23. The first-order chi connectivity index (χ1) is 19.0. The predicted octanol–water partition coefficient (Wildman–Crippen LogP) is 5.52. The van der Waals surface area contributed by atoms with Gasteiger partial charge in [-0.2, -0.15) is 0 Å². The van der Waals surface area contributed by atoms with Crippen LogP contribution in [0.15, 0.2) is 41.2 Å². The summed E-state index contributed by atoms with van der Waals surface area (Å²) in [7, 11) is 0. The molecule has 39 heavy (non-hydrogen) atoms. The van der Waals surface area contributed by atoms with Gasteiger partial charge in [-0.3, -0.25) is 9.69 Å². The number of pyridine rings is 1. The van der Waals surface area contributed by atoms with E-state index in [9.17, 15) is 4.79 Å². The van der Waals surface area contributed by atoms with Crippen molar-refractivity contribution in [3.05, 3.63) is 74.8 Å².